The Morgan fingerprint density at radius 1 is 1.31 bits per heavy atom. The van der Waals surface area contributed by atoms with Gasteiger partial charge in [0.2, 0.25) is 0 Å². The molecule has 0 bridgehead atoms. The van der Waals surface area contributed by atoms with Crippen LogP contribution in [0.3, 0.4) is 0 Å². The highest BCUT2D eigenvalue weighted by molar-refractivity contribution is 5.94. The van der Waals surface area contributed by atoms with Crippen LogP contribution in [0.25, 0.3) is 0 Å². The molecular formula is C21H25N3O2. The van der Waals surface area contributed by atoms with Crippen LogP contribution >= 0.6 is 0 Å². The minimum atomic E-state index is -0.164. The first-order valence-electron chi connectivity index (χ1n) is 9.14. The first-order valence-corrected chi connectivity index (χ1v) is 9.14. The summed E-state index contributed by atoms with van der Waals surface area (Å²) in [6, 6.07) is 12.8. The molecule has 0 radical (unpaired) electrons. The molecule has 5 nitrogen and oxygen atoms in total. The molecule has 1 amide bonds. The van der Waals surface area contributed by atoms with Gasteiger partial charge in [0, 0.05) is 25.0 Å². The number of carbonyl (C=O) groups is 1. The van der Waals surface area contributed by atoms with Crippen LogP contribution in [-0.4, -0.2) is 59.1 Å². The number of hydrogen-bond acceptors (Lipinski definition) is 4. The van der Waals surface area contributed by atoms with Crippen LogP contribution in [0.5, 0.6) is 0 Å². The molecule has 4 rings (SSSR count). The Balaban J connectivity index is 1.33. The second kappa shape index (κ2) is 6.82. The van der Waals surface area contributed by atoms with Crippen molar-refractivity contribution < 1.29 is 9.53 Å². The largest absolute Gasteiger partial charge is 0.370 e. The summed E-state index contributed by atoms with van der Waals surface area (Å²) in [6.45, 7) is 4.96. The summed E-state index contributed by atoms with van der Waals surface area (Å²) in [6.07, 6.45) is 4.39. The Morgan fingerprint density at radius 3 is 2.81 bits per heavy atom. The monoisotopic (exact) mass is 351 g/mol. The van der Waals surface area contributed by atoms with Gasteiger partial charge in [-0.1, -0.05) is 30.3 Å². The smallest absolute Gasteiger partial charge is 0.255 e. The molecule has 1 aromatic carbocycles. The molecule has 2 fully saturated rings. The Hall–Kier alpha value is -2.24. The van der Waals surface area contributed by atoms with Gasteiger partial charge < -0.3 is 9.64 Å². The van der Waals surface area contributed by atoms with E-state index in [1.165, 1.54) is 5.56 Å². The summed E-state index contributed by atoms with van der Waals surface area (Å²) in [4.78, 5) is 21.0. The fourth-order valence-corrected chi connectivity index (χ4v) is 3.97. The number of likely N-dealkylation sites (N-methyl/N-ethyl adjacent to an activating group) is 1. The Bertz CT molecular complexity index is 787. The minimum Gasteiger partial charge on any atom is -0.370 e. The van der Waals surface area contributed by atoms with Gasteiger partial charge in [0.05, 0.1) is 25.3 Å². The van der Waals surface area contributed by atoms with E-state index in [2.05, 4.69) is 41.2 Å². The van der Waals surface area contributed by atoms with E-state index in [0.29, 0.717) is 24.7 Å². The van der Waals surface area contributed by atoms with Crippen LogP contribution in [-0.2, 0) is 11.3 Å². The van der Waals surface area contributed by atoms with Gasteiger partial charge in [-0.15, -0.1) is 0 Å². The summed E-state index contributed by atoms with van der Waals surface area (Å²) in [5.74, 6) is 0.0523. The Morgan fingerprint density at radius 2 is 2.08 bits per heavy atom. The van der Waals surface area contributed by atoms with Crippen molar-refractivity contribution in [2.24, 2.45) is 0 Å². The first-order chi connectivity index (χ1) is 12.5. The lowest BCUT2D eigenvalue weighted by atomic mass is 9.88. The molecule has 3 heterocycles. The number of benzene rings is 1. The predicted molar refractivity (Wildman–Crippen MR) is 99.9 cm³/mol. The van der Waals surface area contributed by atoms with Crippen molar-refractivity contribution >= 4 is 5.91 Å². The molecule has 1 atom stereocenters. The third-order valence-electron chi connectivity index (χ3n) is 5.45. The van der Waals surface area contributed by atoms with Gasteiger partial charge >= 0.3 is 0 Å². The highest BCUT2D eigenvalue weighted by Gasteiger charge is 2.52. The quantitative estimate of drug-likeness (QED) is 0.849. The van der Waals surface area contributed by atoms with E-state index in [1.54, 1.807) is 12.4 Å². The molecule has 1 spiro atoms. The number of aryl methyl sites for hydroxylation is 1. The van der Waals surface area contributed by atoms with Crippen LogP contribution in [0.4, 0.5) is 0 Å². The van der Waals surface area contributed by atoms with Gasteiger partial charge in [0.1, 0.15) is 5.60 Å². The van der Waals surface area contributed by atoms with Crippen LogP contribution < -0.4 is 0 Å². The predicted octanol–water partition coefficient (Wildman–Crippen LogP) is 2.51. The van der Waals surface area contributed by atoms with Crippen LogP contribution in [0.1, 0.15) is 27.9 Å². The van der Waals surface area contributed by atoms with Crippen LogP contribution in [0, 0.1) is 6.92 Å². The number of likely N-dealkylation sites (tertiary alicyclic amines) is 1. The van der Waals surface area contributed by atoms with Gasteiger partial charge in [-0.2, -0.15) is 0 Å². The van der Waals surface area contributed by atoms with Gasteiger partial charge in [-0.25, -0.2) is 0 Å². The van der Waals surface area contributed by atoms with Crippen LogP contribution in [0.2, 0.25) is 0 Å². The van der Waals surface area contributed by atoms with E-state index in [4.69, 9.17) is 4.74 Å². The molecule has 1 unspecified atom stereocenters. The number of aromatic nitrogens is 1. The van der Waals surface area contributed by atoms with Gasteiger partial charge in [0.15, 0.2) is 0 Å². The summed E-state index contributed by atoms with van der Waals surface area (Å²) in [5, 5.41) is 0. The molecule has 2 aliphatic heterocycles. The van der Waals surface area contributed by atoms with E-state index in [0.717, 1.165) is 25.1 Å². The van der Waals surface area contributed by atoms with E-state index < -0.39 is 0 Å². The molecule has 0 N–H and O–H groups in total. The molecule has 1 aromatic heterocycles. The summed E-state index contributed by atoms with van der Waals surface area (Å²) >= 11 is 0. The SMILES string of the molecule is Cc1cncc(C(=O)N2CC3(CC(N(C)Cc4ccccc4)CO3)C2)c1. The first kappa shape index (κ1) is 17.2. The lowest BCUT2D eigenvalue weighted by molar-refractivity contribution is -0.0950. The molecule has 26 heavy (non-hydrogen) atoms. The van der Waals surface area contributed by atoms with Crippen molar-refractivity contribution in [3.8, 4) is 0 Å². The van der Waals surface area contributed by atoms with Crippen molar-refractivity contribution in [1.29, 1.82) is 0 Å². The molecule has 0 saturated carbocycles. The Kier molecular flexibility index (Phi) is 4.51. The molecular weight excluding hydrogens is 326 g/mol. The Labute approximate surface area is 154 Å². The maximum Gasteiger partial charge on any atom is 0.255 e. The number of hydrogen-bond donors (Lipinski definition) is 0. The topological polar surface area (TPSA) is 45.7 Å². The van der Waals surface area contributed by atoms with Gasteiger partial charge in [0.25, 0.3) is 5.91 Å². The summed E-state index contributed by atoms with van der Waals surface area (Å²) in [7, 11) is 2.15. The third-order valence-corrected chi connectivity index (χ3v) is 5.45. The lowest BCUT2D eigenvalue weighted by Gasteiger charge is -2.47. The molecule has 136 valence electrons. The number of nitrogens with zero attached hydrogens (tertiary/aromatic N) is 3. The second-order valence-electron chi connectivity index (χ2n) is 7.66. The highest BCUT2D eigenvalue weighted by Crippen LogP contribution is 2.37. The standard InChI is InChI=1S/C21H25N3O2/c1-16-8-18(11-22-10-16)20(25)24-14-21(15-24)9-19(13-26-21)23(2)12-17-6-4-3-5-7-17/h3-8,10-11,19H,9,12-15H2,1-2H3. The molecule has 2 saturated heterocycles. The zero-order chi connectivity index (χ0) is 18.1. The normalized spacial score (nSPS) is 21.2. The van der Waals surface area contributed by atoms with Crippen molar-refractivity contribution in [3.05, 3.63) is 65.5 Å². The van der Waals surface area contributed by atoms with Crippen molar-refractivity contribution in [2.45, 2.75) is 31.5 Å². The molecule has 2 aromatic rings. The molecule has 5 heteroatoms. The van der Waals surface area contributed by atoms with Crippen molar-refractivity contribution in [2.75, 3.05) is 26.7 Å². The fraction of sp³-hybridized carbons (Fsp3) is 0.429. The van der Waals surface area contributed by atoms with E-state index >= 15 is 0 Å². The van der Waals surface area contributed by atoms with Crippen molar-refractivity contribution in [1.82, 2.24) is 14.8 Å². The molecule has 2 aliphatic rings. The fourth-order valence-electron chi connectivity index (χ4n) is 3.97. The number of amides is 1. The van der Waals surface area contributed by atoms with Crippen molar-refractivity contribution in [3.63, 3.8) is 0 Å². The summed E-state index contributed by atoms with van der Waals surface area (Å²) < 4.78 is 6.14. The second-order valence-corrected chi connectivity index (χ2v) is 7.66. The average molecular weight is 351 g/mol. The zero-order valence-electron chi connectivity index (χ0n) is 15.4. The number of carbonyl (C=O) groups excluding carboxylic acids is 1. The number of rotatable bonds is 4. The minimum absolute atomic E-state index is 0.0523. The summed E-state index contributed by atoms with van der Waals surface area (Å²) in [5.41, 5.74) is 2.82. The number of pyridine rings is 1. The maximum absolute atomic E-state index is 12.6. The zero-order valence-corrected chi connectivity index (χ0v) is 15.4. The molecule has 0 aliphatic carbocycles. The number of ether oxygens (including phenoxy) is 1. The van der Waals surface area contributed by atoms with Gasteiger partial charge in [-0.3, -0.25) is 14.7 Å². The van der Waals surface area contributed by atoms with Crippen LogP contribution in [0.15, 0.2) is 48.8 Å². The maximum atomic E-state index is 12.6. The third kappa shape index (κ3) is 3.37. The lowest BCUT2D eigenvalue weighted by Crippen LogP contribution is -2.63. The van der Waals surface area contributed by atoms with E-state index in [9.17, 15) is 4.79 Å². The van der Waals surface area contributed by atoms with E-state index in [1.807, 2.05) is 24.0 Å². The van der Waals surface area contributed by atoms with Gasteiger partial charge in [-0.05, 0) is 37.6 Å². The average Bonchev–Trinajstić information content (AvgIpc) is 3.07. The van der Waals surface area contributed by atoms with E-state index in [-0.39, 0.29) is 11.5 Å². The highest BCUT2D eigenvalue weighted by atomic mass is 16.5.